The van der Waals surface area contributed by atoms with Gasteiger partial charge in [0.25, 0.3) is 0 Å². The van der Waals surface area contributed by atoms with Gasteiger partial charge in [-0.15, -0.1) is 0 Å². The number of halogens is 1. The third kappa shape index (κ3) is 2.77. The zero-order valence-electron chi connectivity index (χ0n) is 14.9. The number of aromatic nitrogens is 3. The highest BCUT2D eigenvalue weighted by molar-refractivity contribution is 6.36. The van der Waals surface area contributed by atoms with Crippen molar-refractivity contribution in [2.24, 2.45) is 0 Å². The van der Waals surface area contributed by atoms with Crippen LogP contribution in [0.25, 0.3) is 10.9 Å². The third-order valence-corrected chi connectivity index (χ3v) is 6.38. The Balaban J connectivity index is 1.41. The number of rotatable bonds is 2. The van der Waals surface area contributed by atoms with Crippen molar-refractivity contribution in [3.05, 3.63) is 53.2 Å². The van der Waals surface area contributed by atoms with Crippen LogP contribution in [0.4, 0.5) is 5.69 Å². The van der Waals surface area contributed by atoms with E-state index in [-0.39, 0.29) is 0 Å². The van der Waals surface area contributed by atoms with Crippen LogP contribution >= 0.6 is 11.6 Å². The Hall–Kier alpha value is -2.07. The van der Waals surface area contributed by atoms with Crippen LogP contribution in [-0.4, -0.2) is 27.6 Å². The molecule has 2 aromatic heterocycles. The predicted molar refractivity (Wildman–Crippen MR) is 106 cm³/mol. The minimum Gasteiger partial charge on any atom is -0.371 e. The molecule has 0 N–H and O–H groups in total. The number of hydrogen-bond donors (Lipinski definition) is 0. The van der Waals surface area contributed by atoms with Crippen LogP contribution in [0.2, 0.25) is 5.02 Å². The van der Waals surface area contributed by atoms with Gasteiger partial charge in [-0.25, -0.2) is 4.98 Å². The summed E-state index contributed by atoms with van der Waals surface area (Å²) in [7, 11) is 0. The van der Waals surface area contributed by atoms with Crippen LogP contribution in [0.5, 0.6) is 0 Å². The number of anilines is 1. The number of aryl methyl sites for hydroxylation is 1. The number of hydrogen-bond acceptors (Lipinski definition) is 3. The van der Waals surface area contributed by atoms with E-state index in [2.05, 4.69) is 38.8 Å². The maximum absolute atomic E-state index is 6.71. The van der Waals surface area contributed by atoms with E-state index >= 15 is 0 Å². The lowest BCUT2D eigenvalue weighted by Gasteiger charge is -2.34. The maximum atomic E-state index is 6.71. The summed E-state index contributed by atoms with van der Waals surface area (Å²) in [5, 5.41) is 2.03. The van der Waals surface area contributed by atoms with Gasteiger partial charge in [0.2, 0.25) is 0 Å². The number of nitrogens with zero attached hydrogens (tertiary/aromatic N) is 4. The molecule has 0 unspecified atom stereocenters. The summed E-state index contributed by atoms with van der Waals surface area (Å²) in [6.45, 7) is 2.13. The van der Waals surface area contributed by atoms with Crippen molar-refractivity contribution >= 4 is 28.2 Å². The standard InChI is InChI=1S/C21H23ClN4/c22-21-17-3-1-2-4-19(17)24-20-13-16(5-6-18(20)21)25-10-7-15(8-11-25)26-12-9-23-14-26/h5-6,9,12-15H,1-4,7-8,10-11H2. The van der Waals surface area contributed by atoms with Crippen molar-refractivity contribution in [3.8, 4) is 0 Å². The molecule has 5 heteroatoms. The molecular weight excluding hydrogens is 344 g/mol. The molecule has 5 rings (SSSR count). The van der Waals surface area contributed by atoms with Crippen molar-refractivity contribution in [2.45, 2.75) is 44.6 Å². The lowest BCUT2D eigenvalue weighted by Crippen LogP contribution is -2.34. The summed E-state index contributed by atoms with van der Waals surface area (Å²) < 4.78 is 2.24. The Kier molecular flexibility index (Phi) is 4.08. The molecule has 0 bridgehead atoms. The first-order valence-corrected chi connectivity index (χ1v) is 10.0. The summed E-state index contributed by atoms with van der Waals surface area (Å²) in [5.41, 5.74) is 4.80. The Morgan fingerprint density at radius 2 is 1.92 bits per heavy atom. The van der Waals surface area contributed by atoms with Gasteiger partial charge in [0.15, 0.2) is 0 Å². The first-order valence-electron chi connectivity index (χ1n) is 9.63. The molecule has 3 heterocycles. The molecule has 0 amide bonds. The smallest absolute Gasteiger partial charge is 0.0948 e. The molecule has 0 atom stereocenters. The van der Waals surface area contributed by atoms with Crippen molar-refractivity contribution in [3.63, 3.8) is 0 Å². The molecule has 0 radical (unpaired) electrons. The molecule has 2 aliphatic rings. The van der Waals surface area contributed by atoms with E-state index in [1.165, 1.54) is 29.8 Å². The molecule has 1 aliphatic heterocycles. The normalized spacial score (nSPS) is 18.3. The van der Waals surface area contributed by atoms with Crippen molar-refractivity contribution < 1.29 is 0 Å². The molecule has 0 saturated carbocycles. The van der Waals surface area contributed by atoms with Gasteiger partial charge in [-0.3, -0.25) is 4.98 Å². The second kappa shape index (κ2) is 6.58. The van der Waals surface area contributed by atoms with Crippen LogP contribution in [0.3, 0.4) is 0 Å². The fourth-order valence-corrected chi connectivity index (χ4v) is 4.82. The number of pyridine rings is 1. The highest BCUT2D eigenvalue weighted by Gasteiger charge is 2.22. The largest absolute Gasteiger partial charge is 0.371 e. The second-order valence-corrected chi connectivity index (χ2v) is 7.87. The quantitative estimate of drug-likeness (QED) is 0.653. The molecule has 1 fully saturated rings. The van der Waals surface area contributed by atoms with Crippen LogP contribution in [-0.2, 0) is 12.8 Å². The average Bonchev–Trinajstić information content (AvgIpc) is 3.23. The lowest BCUT2D eigenvalue weighted by molar-refractivity contribution is 0.396. The fourth-order valence-electron chi connectivity index (χ4n) is 4.46. The van der Waals surface area contributed by atoms with Gasteiger partial charge in [-0.05, 0) is 62.3 Å². The zero-order chi connectivity index (χ0) is 17.5. The Morgan fingerprint density at radius 3 is 2.73 bits per heavy atom. The van der Waals surface area contributed by atoms with Gasteiger partial charge in [0, 0.05) is 48.3 Å². The molecule has 4 nitrogen and oxygen atoms in total. The Morgan fingerprint density at radius 1 is 1.08 bits per heavy atom. The van der Waals surface area contributed by atoms with E-state index in [4.69, 9.17) is 16.6 Å². The summed E-state index contributed by atoms with van der Waals surface area (Å²) >= 11 is 6.71. The van der Waals surface area contributed by atoms with Gasteiger partial charge in [0.05, 0.1) is 16.9 Å². The van der Waals surface area contributed by atoms with E-state index in [1.807, 2.05) is 12.5 Å². The van der Waals surface area contributed by atoms with Gasteiger partial charge < -0.3 is 9.47 Å². The second-order valence-electron chi connectivity index (χ2n) is 7.49. The Bertz CT molecular complexity index is 927. The fraction of sp³-hybridized carbons (Fsp3) is 0.429. The highest BCUT2D eigenvalue weighted by atomic mass is 35.5. The molecule has 0 spiro atoms. The lowest BCUT2D eigenvalue weighted by atomic mass is 9.94. The van der Waals surface area contributed by atoms with E-state index < -0.39 is 0 Å². The van der Waals surface area contributed by atoms with E-state index in [0.717, 1.165) is 54.7 Å². The highest BCUT2D eigenvalue weighted by Crippen LogP contribution is 2.35. The van der Waals surface area contributed by atoms with Gasteiger partial charge in [-0.2, -0.15) is 0 Å². The molecular formula is C21H23ClN4. The average molecular weight is 367 g/mol. The number of fused-ring (bicyclic) bond motifs is 2. The van der Waals surface area contributed by atoms with Gasteiger partial charge in [0.1, 0.15) is 0 Å². The van der Waals surface area contributed by atoms with Crippen molar-refractivity contribution in [1.82, 2.24) is 14.5 Å². The minimum absolute atomic E-state index is 0.564. The molecule has 134 valence electrons. The third-order valence-electron chi connectivity index (χ3n) is 5.95. The van der Waals surface area contributed by atoms with Crippen molar-refractivity contribution in [1.29, 1.82) is 0 Å². The SMILES string of the molecule is Clc1c2c(nc3cc(N4CCC(n5ccnc5)CC4)ccc13)CCCC2. The summed E-state index contributed by atoms with van der Waals surface area (Å²) in [6.07, 6.45) is 12.8. The van der Waals surface area contributed by atoms with Crippen LogP contribution < -0.4 is 4.90 Å². The van der Waals surface area contributed by atoms with Gasteiger partial charge in [-0.1, -0.05) is 11.6 Å². The Labute approximate surface area is 158 Å². The van der Waals surface area contributed by atoms with Gasteiger partial charge >= 0.3 is 0 Å². The summed E-state index contributed by atoms with van der Waals surface area (Å²) in [4.78, 5) is 11.6. The predicted octanol–water partition coefficient (Wildman–Crippen LogP) is 4.81. The van der Waals surface area contributed by atoms with E-state index in [0.29, 0.717) is 6.04 Å². The molecule has 3 aromatic rings. The van der Waals surface area contributed by atoms with Crippen LogP contribution in [0.15, 0.2) is 36.9 Å². The molecule has 26 heavy (non-hydrogen) atoms. The molecule has 1 saturated heterocycles. The molecule has 1 aliphatic carbocycles. The first-order chi connectivity index (χ1) is 12.8. The van der Waals surface area contributed by atoms with E-state index in [9.17, 15) is 0 Å². The summed E-state index contributed by atoms with van der Waals surface area (Å²) in [5.74, 6) is 0. The number of piperidine rings is 1. The maximum Gasteiger partial charge on any atom is 0.0948 e. The molecule has 1 aromatic carbocycles. The number of imidazole rings is 1. The zero-order valence-corrected chi connectivity index (χ0v) is 15.6. The first kappa shape index (κ1) is 16.1. The number of benzene rings is 1. The topological polar surface area (TPSA) is 34.0 Å². The van der Waals surface area contributed by atoms with Crippen molar-refractivity contribution in [2.75, 3.05) is 18.0 Å². The summed E-state index contributed by atoms with van der Waals surface area (Å²) in [6, 6.07) is 7.17. The minimum atomic E-state index is 0.564. The monoisotopic (exact) mass is 366 g/mol. The van der Waals surface area contributed by atoms with E-state index in [1.54, 1.807) is 0 Å². The van der Waals surface area contributed by atoms with Crippen LogP contribution in [0.1, 0.15) is 43.0 Å². The van der Waals surface area contributed by atoms with Crippen LogP contribution in [0, 0.1) is 0 Å².